The fourth-order valence-electron chi connectivity index (χ4n) is 1.44. The molecule has 0 heterocycles. The van der Waals surface area contributed by atoms with E-state index >= 15 is 0 Å². The van der Waals surface area contributed by atoms with Crippen LogP contribution in [-0.2, 0) is 0 Å². The Morgan fingerprint density at radius 2 is 1.56 bits per heavy atom. The van der Waals surface area contributed by atoms with Gasteiger partial charge in [0.2, 0.25) is 0 Å². The number of rotatable bonds is 1. The van der Waals surface area contributed by atoms with Gasteiger partial charge in [-0.1, -0.05) is 29.8 Å². The van der Waals surface area contributed by atoms with Crippen LogP contribution in [0.5, 0.6) is 5.75 Å². The number of hydrogen-bond donors (Lipinski definition) is 1. The van der Waals surface area contributed by atoms with Crippen LogP contribution in [0.25, 0.3) is 11.1 Å². The summed E-state index contributed by atoms with van der Waals surface area (Å²) in [6.07, 6.45) is 0. The van der Waals surface area contributed by atoms with E-state index in [0.717, 1.165) is 0 Å². The summed E-state index contributed by atoms with van der Waals surface area (Å²) in [7, 11) is 0. The lowest BCUT2D eigenvalue weighted by atomic mass is 10.0. The molecule has 0 aliphatic carbocycles. The van der Waals surface area contributed by atoms with Crippen molar-refractivity contribution in [2.75, 3.05) is 0 Å². The third kappa shape index (κ3) is 1.74. The lowest BCUT2D eigenvalue weighted by molar-refractivity contribution is 0.475. The van der Waals surface area contributed by atoms with E-state index in [2.05, 4.69) is 0 Å². The Labute approximate surface area is 95.9 Å². The quantitative estimate of drug-likeness (QED) is 0.748. The van der Waals surface area contributed by atoms with Gasteiger partial charge in [-0.25, -0.2) is 8.78 Å². The number of phenolic OH excluding ortho intramolecular Hbond substituents is 1. The second-order valence-corrected chi connectivity index (χ2v) is 3.65. The van der Waals surface area contributed by atoms with E-state index in [1.807, 2.05) is 0 Å². The van der Waals surface area contributed by atoms with Crippen LogP contribution in [-0.4, -0.2) is 5.11 Å². The molecule has 82 valence electrons. The molecule has 0 aliphatic rings. The molecule has 0 spiro atoms. The van der Waals surface area contributed by atoms with Gasteiger partial charge in [0, 0.05) is 11.1 Å². The highest BCUT2D eigenvalue weighted by Gasteiger charge is 2.15. The first kappa shape index (κ1) is 10.9. The van der Waals surface area contributed by atoms with E-state index in [-0.39, 0.29) is 21.9 Å². The van der Waals surface area contributed by atoms with Gasteiger partial charge in [0.1, 0.15) is 5.75 Å². The largest absolute Gasteiger partial charge is 0.507 e. The Morgan fingerprint density at radius 3 is 2.25 bits per heavy atom. The maximum absolute atomic E-state index is 13.6. The molecule has 2 aromatic carbocycles. The molecule has 16 heavy (non-hydrogen) atoms. The van der Waals surface area contributed by atoms with Gasteiger partial charge in [0.05, 0.1) is 5.02 Å². The van der Waals surface area contributed by atoms with Crippen LogP contribution in [0.1, 0.15) is 0 Å². The highest BCUT2D eigenvalue weighted by Crippen LogP contribution is 2.33. The Bertz CT molecular complexity index is 541. The first-order chi connectivity index (χ1) is 7.61. The molecule has 1 nitrogen and oxygen atoms in total. The second-order valence-electron chi connectivity index (χ2n) is 3.24. The number of para-hydroxylation sites is 1. The van der Waals surface area contributed by atoms with Gasteiger partial charge in [-0.2, -0.15) is 0 Å². The predicted octanol–water partition coefficient (Wildman–Crippen LogP) is 3.99. The lowest BCUT2D eigenvalue weighted by Crippen LogP contribution is -1.90. The third-order valence-electron chi connectivity index (χ3n) is 2.23. The van der Waals surface area contributed by atoms with Crippen molar-refractivity contribution in [2.24, 2.45) is 0 Å². The summed E-state index contributed by atoms with van der Waals surface area (Å²) in [5.41, 5.74) is 0.218. The predicted molar refractivity (Wildman–Crippen MR) is 58.5 cm³/mol. The fraction of sp³-hybridized carbons (Fsp3) is 0. The summed E-state index contributed by atoms with van der Waals surface area (Å²) in [6, 6.07) is 8.71. The van der Waals surface area contributed by atoms with Crippen LogP contribution in [0.4, 0.5) is 8.78 Å². The Balaban J connectivity index is 2.66. The van der Waals surface area contributed by atoms with E-state index in [1.54, 1.807) is 12.1 Å². The summed E-state index contributed by atoms with van der Waals surface area (Å²) in [5.74, 6) is -2.28. The summed E-state index contributed by atoms with van der Waals surface area (Å²) in [6.45, 7) is 0. The number of benzene rings is 2. The molecular weight excluding hydrogens is 234 g/mol. The maximum atomic E-state index is 13.6. The highest BCUT2D eigenvalue weighted by atomic mass is 35.5. The maximum Gasteiger partial charge on any atom is 0.178 e. The Hall–Kier alpha value is -1.61. The molecule has 0 unspecified atom stereocenters. The minimum absolute atomic E-state index is 0.0139. The van der Waals surface area contributed by atoms with Gasteiger partial charge in [-0.05, 0) is 18.2 Å². The van der Waals surface area contributed by atoms with Gasteiger partial charge in [-0.3, -0.25) is 0 Å². The average molecular weight is 241 g/mol. The molecule has 0 bridgehead atoms. The topological polar surface area (TPSA) is 20.2 Å². The van der Waals surface area contributed by atoms with E-state index in [0.29, 0.717) is 0 Å². The van der Waals surface area contributed by atoms with E-state index in [1.165, 1.54) is 24.3 Å². The third-order valence-corrected chi connectivity index (χ3v) is 2.52. The van der Waals surface area contributed by atoms with Crippen molar-refractivity contribution in [3.8, 4) is 16.9 Å². The molecule has 0 atom stereocenters. The molecular formula is C12H7ClF2O. The fourth-order valence-corrected chi connectivity index (χ4v) is 1.58. The molecule has 0 radical (unpaired) electrons. The number of hydrogen-bond acceptors (Lipinski definition) is 1. The summed E-state index contributed by atoms with van der Waals surface area (Å²) in [5, 5.41) is 9.25. The van der Waals surface area contributed by atoms with Crippen LogP contribution >= 0.6 is 11.6 Å². The molecule has 0 fully saturated rings. The molecule has 2 aromatic rings. The minimum atomic E-state index is -1.11. The van der Waals surface area contributed by atoms with Crippen molar-refractivity contribution in [1.82, 2.24) is 0 Å². The number of aromatic hydroxyl groups is 1. The SMILES string of the molecule is Oc1ccccc1-c1ccc(Cl)c(F)c1F. The van der Waals surface area contributed by atoms with Crippen molar-refractivity contribution in [2.45, 2.75) is 0 Å². The van der Waals surface area contributed by atoms with Crippen molar-refractivity contribution < 1.29 is 13.9 Å². The van der Waals surface area contributed by atoms with Crippen LogP contribution < -0.4 is 0 Å². The molecule has 4 heteroatoms. The minimum Gasteiger partial charge on any atom is -0.507 e. The summed E-state index contributed by atoms with van der Waals surface area (Å²) >= 11 is 5.44. The standard InChI is InChI=1S/C12H7ClF2O/c13-9-6-5-8(11(14)12(9)15)7-3-1-2-4-10(7)16/h1-6,16H. The summed E-state index contributed by atoms with van der Waals surface area (Å²) < 4.78 is 26.8. The number of halogens is 3. The molecule has 1 N–H and O–H groups in total. The van der Waals surface area contributed by atoms with Crippen molar-refractivity contribution >= 4 is 11.6 Å². The molecule has 2 rings (SSSR count). The van der Waals surface area contributed by atoms with Crippen molar-refractivity contribution in [1.29, 1.82) is 0 Å². The Kier molecular flexibility index (Phi) is 2.79. The molecule has 0 aliphatic heterocycles. The van der Waals surface area contributed by atoms with Crippen LogP contribution in [0, 0.1) is 11.6 Å². The molecule has 0 saturated carbocycles. The van der Waals surface area contributed by atoms with Gasteiger partial charge in [-0.15, -0.1) is 0 Å². The Morgan fingerprint density at radius 1 is 0.875 bits per heavy atom. The number of phenols is 1. The van der Waals surface area contributed by atoms with E-state index in [9.17, 15) is 13.9 Å². The van der Waals surface area contributed by atoms with Crippen molar-refractivity contribution in [3.05, 3.63) is 53.1 Å². The van der Waals surface area contributed by atoms with Gasteiger partial charge in [0.15, 0.2) is 11.6 Å². The average Bonchev–Trinajstić information content (AvgIpc) is 2.28. The molecule has 0 amide bonds. The van der Waals surface area contributed by atoms with Crippen LogP contribution in [0.15, 0.2) is 36.4 Å². The van der Waals surface area contributed by atoms with Gasteiger partial charge >= 0.3 is 0 Å². The second kappa shape index (κ2) is 4.10. The monoisotopic (exact) mass is 240 g/mol. The zero-order chi connectivity index (χ0) is 11.7. The summed E-state index contributed by atoms with van der Waals surface area (Å²) in [4.78, 5) is 0. The first-order valence-corrected chi connectivity index (χ1v) is 4.91. The zero-order valence-electron chi connectivity index (χ0n) is 8.05. The van der Waals surface area contributed by atoms with Crippen LogP contribution in [0.2, 0.25) is 5.02 Å². The zero-order valence-corrected chi connectivity index (χ0v) is 8.80. The van der Waals surface area contributed by atoms with Gasteiger partial charge in [0.25, 0.3) is 0 Å². The highest BCUT2D eigenvalue weighted by molar-refractivity contribution is 6.30. The smallest absolute Gasteiger partial charge is 0.178 e. The normalized spacial score (nSPS) is 10.4. The van der Waals surface area contributed by atoms with E-state index < -0.39 is 11.6 Å². The van der Waals surface area contributed by atoms with Crippen molar-refractivity contribution in [3.63, 3.8) is 0 Å². The van der Waals surface area contributed by atoms with Crippen LogP contribution in [0.3, 0.4) is 0 Å². The molecule has 0 saturated heterocycles. The van der Waals surface area contributed by atoms with Gasteiger partial charge < -0.3 is 5.11 Å². The first-order valence-electron chi connectivity index (χ1n) is 4.53. The lowest BCUT2D eigenvalue weighted by Gasteiger charge is -2.07. The van der Waals surface area contributed by atoms with E-state index in [4.69, 9.17) is 11.6 Å². The molecule has 0 aromatic heterocycles.